The van der Waals surface area contributed by atoms with E-state index in [0.717, 1.165) is 18.9 Å². The summed E-state index contributed by atoms with van der Waals surface area (Å²) in [5.41, 5.74) is 0.857. The van der Waals surface area contributed by atoms with Crippen LogP contribution in [0.3, 0.4) is 0 Å². The fourth-order valence-electron chi connectivity index (χ4n) is 3.99. The van der Waals surface area contributed by atoms with Crippen molar-refractivity contribution in [3.63, 3.8) is 0 Å². The highest BCUT2D eigenvalue weighted by atomic mass is 32.2. The van der Waals surface area contributed by atoms with Crippen LogP contribution in [0.4, 0.5) is 4.39 Å². The molecule has 1 unspecified atom stereocenters. The van der Waals surface area contributed by atoms with Gasteiger partial charge < -0.3 is 14.4 Å². The minimum absolute atomic E-state index is 0.0776. The van der Waals surface area contributed by atoms with Gasteiger partial charge in [0.1, 0.15) is 11.6 Å². The van der Waals surface area contributed by atoms with Crippen LogP contribution >= 0.6 is 0 Å². The van der Waals surface area contributed by atoms with Crippen molar-refractivity contribution in [3.8, 4) is 5.75 Å². The average molecular weight is 477 g/mol. The number of aryl methyl sites for hydroxylation is 1. The number of benzene rings is 2. The summed E-state index contributed by atoms with van der Waals surface area (Å²) >= 11 is 0. The smallest absolute Gasteiger partial charge is 0.257 e. The van der Waals surface area contributed by atoms with Gasteiger partial charge in [-0.2, -0.15) is 4.31 Å². The molecular weight excluding hydrogens is 447 g/mol. The van der Waals surface area contributed by atoms with E-state index in [1.54, 1.807) is 30.0 Å². The number of carbonyl (C=O) groups is 1. The molecular formula is C24H29FN2O5S. The van der Waals surface area contributed by atoms with E-state index in [1.807, 2.05) is 6.07 Å². The van der Waals surface area contributed by atoms with Crippen LogP contribution in [0.1, 0.15) is 28.8 Å². The van der Waals surface area contributed by atoms with Crippen molar-refractivity contribution in [2.45, 2.75) is 30.8 Å². The summed E-state index contributed by atoms with van der Waals surface area (Å²) < 4.78 is 52.8. The summed E-state index contributed by atoms with van der Waals surface area (Å²) in [6.45, 7) is 2.92. The molecule has 1 amide bonds. The van der Waals surface area contributed by atoms with Gasteiger partial charge in [0.15, 0.2) is 0 Å². The van der Waals surface area contributed by atoms with Crippen LogP contribution in [0.25, 0.3) is 0 Å². The molecule has 0 N–H and O–H groups in total. The van der Waals surface area contributed by atoms with Crippen LogP contribution in [0.15, 0.2) is 47.4 Å². The van der Waals surface area contributed by atoms with E-state index in [9.17, 15) is 17.6 Å². The quantitative estimate of drug-likeness (QED) is 0.585. The van der Waals surface area contributed by atoms with Gasteiger partial charge in [0, 0.05) is 26.2 Å². The number of hydrogen-bond acceptors (Lipinski definition) is 5. The van der Waals surface area contributed by atoms with Crippen LogP contribution in [-0.4, -0.2) is 69.5 Å². The Bertz CT molecular complexity index is 1120. The minimum Gasteiger partial charge on any atom is -0.496 e. The van der Waals surface area contributed by atoms with E-state index in [0.29, 0.717) is 29.3 Å². The first-order chi connectivity index (χ1) is 15.8. The van der Waals surface area contributed by atoms with Gasteiger partial charge in [0.25, 0.3) is 5.91 Å². The van der Waals surface area contributed by atoms with Crippen LogP contribution < -0.4 is 4.74 Å². The maximum Gasteiger partial charge on any atom is 0.257 e. The van der Waals surface area contributed by atoms with Crippen LogP contribution in [-0.2, 0) is 14.8 Å². The predicted octanol–water partition coefficient (Wildman–Crippen LogP) is 3.08. The molecule has 1 aliphatic heterocycles. The SMILES string of the molecule is COc1ccccc1C(=O)N(CC1CC1)CC1CN(S(=O)(=O)c2ccc(C)c(F)c2)CCO1. The standard InChI is InChI=1S/C24H29FN2O5S/c1-17-7-10-20(13-22(17)25)33(29,30)27-11-12-32-19(16-27)15-26(14-18-8-9-18)24(28)21-5-3-4-6-23(21)31-2/h3-7,10,13,18-19H,8-9,11-12,14-16H2,1-2H3. The molecule has 2 aromatic rings. The number of methoxy groups -OCH3 is 1. The van der Waals surface area contributed by atoms with E-state index in [2.05, 4.69) is 0 Å². The number of para-hydroxylation sites is 1. The zero-order valence-electron chi connectivity index (χ0n) is 18.9. The van der Waals surface area contributed by atoms with Crippen LogP contribution in [0.5, 0.6) is 5.75 Å². The van der Waals surface area contributed by atoms with E-state index in [1.165, 1.54) is 23.5 Å². The number of carbonyl (C=O) groups excluding carboxylic acids is 1. The van der Waals surface area contributed by atoms with Crippen molar-refractivity contribution in [2.75, 3.05) is 39.9 Å². The zero-order valence-corrected chi connectivity index (χ0v) is 19.7. The molecule has 0 radical (unpaired) electrons. The molecule has 2 fully saturated rings. The molecule has 1 saturated heterocycles. The third kappa shape index (κ3) is 5.37. The van der Waals surface area contributed by atoms with Gasteiger partial charge in [-0.15, -0.1) is 0 Å². The number of amides is 1. The molecule has 7 nitrogen and oxygen atoms in total. The van der Waals surface area contributed by atoms with Gasteiger partial charge in [-0.1, -0.05) is 18.2 Å². The van der Waals surface area contributed by atoms with E-state index in [-0.39, 0.29) is 37.0 Å². The minimum atomic E-state index is -3.87. The Labute approximate surface area is 194 Å². The molecule has 33 heavy (non-hydrogen) atoms. The van der Waals surface area contributed by atoms with E-state index < -0.39 is 21.9 Å². The third-order valence-corrected chi connectivity index (χ3v) is 7.97. The molecule has 2 aliphatic rings. The molecule has 2 aromatic carbocycles. The van der Waals surface area contributed by atoms with Gasteiger partial charge in [0.2, 0.25) is 10.0 Å². The molecule has 0 aromatic heterocycles. The number of hydrogen-bond donors (Lipinski definition) is 0. The van der Waals surface area contributed by atoms with Crippen LogP contribution in [0.2, 0.25) is 0 Å². The second-order valence-corrected chi connectivity index (χ2v) is 10.6. The summed E-state index contributed by atoms with van der Waals surface area (Å²) in [6, 6.07) is 11.0. The van der Waals surface area contributed by atoms with Gasteiger partial charge in [-0.25, -0.2) is 12.8 Å². The number of halogens is 1. The van der Waals surface area contributed by atoms with Crippen molar-refractivity contribution in [3.05, 3.63) is 59.4 Å². The Morgan fingerprint density at radius 3 is 2.67 bits per heavy atom. The molecule has 1 atom stereocenters. The molecule has 0 spiro atoms. The third-order valence-electron chi connectivity index (χ3n) is 6.11. The number of sulfonamides is 1. The lowest BCUT2D eigenvalue weighted by molar-refractivity contribution is -0.0179. The summed E-state index contributed by atoms with van der Waals surface area (Å²) in [6.07, 6.45) is 1.66. The Morgan fingerprint density at radius 2 is 1.97 bits per heavy atom. The Balaban J connectivity index is 1.51. The van der Waals surface area contributed by atoms with Crippen molar-refractivity contribution in [1.82, 2.24) is 9.21 Å². The maximum absolute atomic E-state index is 14.0. The average Bonchev–Trinajstić information content (AvgIpc) is 3.64. The highest BCUT2D eigenvalue weighted by Crippen LogP contribution is 2.31. The number of nitrogens with zero attached hydrogens (tertiary/aromatic N) is 2. The molecule has 9 heteroatoms. The van der Waals surface area contributed by atoms with Gasteiger partial charge >= 0.3 is 0 Å². The molecule has 1 saturated carbocycles. The number of ether oxygens (including phenoxy) is 2. The fraction of sp³-hybridized carbons (Fsp3) is 0.458. The highest BCUT2D eigenvalue weighted by molar-refractivity contribution is 7.89. The number of rotatable bonds is 8. The predicted molar refractivity (Wildman–Crippen MR) is 121 cm³/mol. The Kier molecular flexibility index (Phi) is 7.02. The van der Waals surface area contributed by atoms with E-state index in [4.69, 9.17) is 9.47 Å². The highest BCUT2D eigenvalue weighted by Gasteiger charge is 2.35. The lowest BCUT2D eigenvalue weighted by Gasteiger charge is -2.35. The molecule has 1 aliphatic carbocycles. The summed E-state index contributed by atoms with van der Waals surface area (Å²) in [7, 11) is -2.35. The maximum atomic E-state index is 14.0. The fourth-order valence-corrected chi connectivity index (χ4v) is 5.46. The van der Waals surface area contributed by atoms with Gasteiger partial charge in [-0.05, 0) is 55.5 Å². The lowest BCUT2D eigenvalue weighted by Crippen LogP contribution is -2.50. The van der Waals surface area contributed by atoms with Crippen LogP contribution in [0, 0.1) is 18.7 Å². The van der Waals surface area contributed by atoms with Crippen molar-refractivity contribution >= 4 is 15.9 Å². The molecule has 0 bridgehead atoms. The Morgan fingerprint density at radius 1 is 1.21 bits per heavy atom. The normalized spacial score (nSPS) is 19.3. The first kappa shape index (κ1) is 23.7. The first-order valence-corrected chi connectivity index (χ1v) is 12.5. The van der Waals surface area contributed by atoms with Crippen molar-refractivity contribution < 1.29 is 27.1 Å². The number of morpholine rings is 1. The van der Waals surface area contributed by atoms with E-state index >= 15 is 0 Å². The molecule has 178 valence electrons. The summed E-state index contributed by atoms with van der Waals surface area (Å²) in [5, 5.41) is 0. The second kappa shape index (κ2) is 9.79. The summed E-state index contributed by atoms with van der Waals surface area (Å²) in [4.78, 5) is 15.0. The lowest BCUT2D eigenvalue weighted by atomic mass is 10.1. The largest absolute Gasteiger partial charge is 0.496 e. The monoisotopic (exact) mass is 476 g/mol. The Hall–Kier alpha value is -2.49. The zero-order chi connectivity index (χ0) is 23.6. The second-order valence-electron chi connectivity index (χ2n) is 8.62. The van der Waals surface area contributed by atoms with Gasteiger partial charge in [-0.3, -0.25) is 4.79 Å². The first-order valence-electron chi connectivity index (χ1n) is 11.1. The van der Waals surface area contributed by atoms with Crippen molar-refractivity contribution in [2.24, 2.45) is 5.92 Å². The topological polar surface area (TPSA) is 76.2 Å². The summed E-state index contributed by atoms with van der Waals surface area (Å²) in [5.74, 6) is 0.225. The molecule has 1 heterocycles. The van der Waals surface area contributed by atoms with Gasteiger partial charge in [0.05, 0.1) is 30.3 Å². The van der Waals surface area contributed by atoms with Crippen molar-refractivity contribution in [1.29, 1.82) is 0 Å². The molecule has 4 rings (SSSR count).